The number of aromatic nitrogens is 3. The van der Waals surface area contributed by atoms with Gasteiger partial charge in [0.05, 0.1) is 18.7 Å². The minimum atomic E-state index is -0.945. The molecule has 0 radical (unpaired) electrons. The van der Waals surface area contributed by atoms with E-state index in [4.69, 9.17) is 10.5 Å². The first-order valence-corrected chi connectivity index (χ1v) is 15.6. The molecule has 6 rings (SSSR count). The van der Waals surface area contributed by atoms with E-state index in [0.29, 0.717) is 32.4 Å². The maximum absolute atomic E-state index is 13.7. The quantitative estimate of drug-likeness (QED) is 0.299. The third-order valence-electron chi connectivity index (χ3n) is 9.39. The molecule has 2 aromatic carbocycles. The second-order valence-electron chi connectivity index (χ2n) is 12.4. The Hall–Kier alpha value is -4.52. The Kier molecular flexibility index (Phi) is 8.70. The predicted octanol–water partition coefficient (Wildman–Crippen LogP) is 0.650. The summed E-state index contributed by atoms with van der Waals surface area (Å²) in [7, 11) is 3.44. The zero-order valence-electron chi connectivity index (χ0n) is 25.6. The number of fused-ring (bicyclic) bond motifs is 3. The van der Waals surface area contributed by atoms with Crippen LogP contribution in [0.2, 0.25) is 0 Å². The van der Waals surface area contributed by atoms with Gasteiger partial charge in [-0.05, 0) is 73.4 Å². The number of likely N-dealkylation sites (tertiary alicyclic amines) is 1. The molecule has 45 heavy (non-hydrogen) atoms. The Morgan fingerprint density at radius 1 is 1.13 bits per heavy atom. The molecule has 0 spiro atoms. The van der Waals surface area contributed by atoms with Gasteiger partial charge in [0.1, 0.15) is 23.3 Å². The highest BCUT2D eigenvalue weighted by molar-refractivity contribution is 5.92. The van der Waals surface area contributed by atoms with E-state index in [2.05, 4.69) is 20.9 Å². The Morgan fingerprint density at radius 3 is 2.69 bits per heavy atom. The van der Waals surface area contributed by atoms with Gasteiger partial charge in [-0.25, -0.2) is 4.68 Å². The molecule has 13 nitrogen and oxygen atoms in total. The molecule has 4 N–H and O–H groups in total. The summed E-state index contributed by atoms with van der Waals surface area (Å²) < 4.78 is 6.96. The number of nitrogens with zero attached hydrogens (tertiary/aromatic N) is 5. The van der Waals surface area contributed by atoms with Crippen molar-refractivity contribution in [2.75, 3.05) is 20.2 Å². The van der Waals surface area contributed by atoms with Crippen LogP contribution in [0, 0.1) is 5.92 Å². The smallest absolute Gasteiger partial charge is 0.243 e. The summed E-state index contributed by atoms with van der Waals surface area (Å²) in [6.07, 6.45) is 2.82. The minimum Gasteiger partial charge on any atom is -0.497 e. The lowest BCUT2D eigenvalue weighted by Crippen LogP contribution is -2.57. The molecule has 4 heterocycles. The van der Waals surface area contributed by atoms with Crippen LogP contribution >= 0.6 is 0 Å². The van der Waals surface area contributed by atoms with E-state index in [-0.39, 0.29) is 55.0 Å². The van der Waals surface area contributed by atoms with Gasteiger partial charge in [0, 0.05) is 39.1 Å². The van der Waals surface area contributed by atoms with Crippen molar-refractivity contribution in [3.8, 4) is 5.75 Å². The number of carbonyl (C=O) groups excluding carboxylic acids is 4. The largest absolute Gasteiger partial charge is 0.497 e. The van der Waals surface area contributed by atoms with Gasteiger partial charge in [-0.3, -0.25) is 19.2 Å². The summed E-state index contributed by atoms with van der Waals surface area (Å²) in [4.78, 5) is 56.0. The highest BCUT2D eigenvalue weighted by Gasteiger charge is 2.45. The van der Waals surface area contributed by atoms with Gasteiger partial charge in [0.25, 0.3) is 0 Å². The number of piperazine rings is 1. The summed E-state index contributed by atoms with van der Waals surface area (Å²) in [5.41, 5.74) is 9.98. The van der Waals surface area contributed by atoms with Gasteiger partial charge in [-0.2, -0.15) is 0 Å². The summed E-state index contributed by atoms with van der Waals surface area (Å²) in [5, 5.41) is 14.0. The molecule has 2 unspecified atom stereocenters. The number of carbonyl (C=O) groups is 4. The molecular formula is C32H40N8O5. The molecule has 5 atom stereocenters. The molecule has 2 bridgehead atoms. The van der Waals surface area contributed by atoms with Crippen molar-refractivity contribution in [3.05, 3.63) is 53.6 Å². The molecule has 13 heteroatoms. The number of hydrogen-bond acceptors (Lipinski definition) is 8. The summed E-state index contributed by atoms with van der Waals surface area (Å²) >= 11 is 0. The molecule has 3 aliphatic heterocycles. The molecule has 3 saturated heterocycles. The van der Waals surface area contributed by atoms with Crippen molar-refractivity contribution in [2.45, 2.75) is 69.2 Å². The van der Waals surface area contributed by atoms with Crippen molar-refractivity contribution in [1.29, 1.82) is 0 Å². The van der Waals surface area contributed by atoms with Crippen LogP contribution in [0.1, 0.15) is 43.2 Å². The van der Waals surface area contributed by atoms with Crippen molar-refractivity contribution in [3.63, 3.8) is 0 Å². The van der Waals surface area contributed by atoms with Gasteiger partial charge >= 0.3 is 0 Å². The number of ether oxygens (including phenoxy) is 1. The Labute approximate surface area is 261 Å². The standard InChI is InChI=1S/C32H40N8O5/c1-38-26-10-5-20(14-25(26)36-37-38)16-34-31(43)28-15-21(13-19-3-7-23(45-2)8-4-19)18-39(28)32(44)24(33)9-12-29(41)40-22-6-11-27(40)30(42)35-17-22/h3-5,7-8,10,14,21-22,24,27-28H,6,9,11-13,15-18,33H2,1-2H3,(H,34,43)(H,35,42)/t21-,22?,24-,27?,28+/m1/s1. The van der Waals surface area contributed by atoms with Crippen LogP contribution in [0.25, 0.3) is 11.0 Å². The minimum absolute atomic E-state index is 0.00727. The molecule has 238 valence electrons. The summed E-state index contributed by atoms with van der Waals surface area (Å²) in [6.45, 7) is 1.12. The van der Waals surface area contributed by atoms with Crippen molar-refractivity contribution < 1.29 is 23.9 Å². The second-order valence-corrected chi connectivity index (χ2v) is 12.4. The number of rotatable bonds is 10. The highest BCUT2D eigenvalue weighted by Crippen LogP contribution is 2.30. The summed E-state index contributed by atoms with van der Waals surface area (Å²) in [5.74, 6) is -0.0702. The van der Waals surface area contributed by atoms with E-state index < -0.39 is 18.1 Å². The van der Waals surface area contributed by atoms with E-state index in [1.54, 1.807) is 21.6 Å². The molecule has 3 aromatic rings. The number of amides is 4. The van der Waals surface area contributed by atoms with Crippen LogP contribution in [0.4, 0.5) is 0 Å². The zero-order chi connectivity index (χ0) is 31.7. The molecule has 3 aliphatic rings. The lowest BCUT2D eigenvalue weighted by molar-refractivity contribution is -0.144. The van der Waals surface area contributed by atoms with Crippen molar-refractivity contribution in [1.82, 2.24) is 35.4 Å². The molecular weight excluding hydrogens is 576 g/mol. The molecule has 4 amide bonds. The van der Waals surface area contributed by atoms with Crippen LogP contribution < -0.4 is 21.1 Å². The molecule has 0 aliphatic carbocycles. The van der Waals surface area contributed by atoms with Crippen LogP contribution in [0.3, 0.4) is 0 Å². The Bertz CT molecular complexity index is 1590. The number of hydrogen-bond donors (Lipinski definition) is 3. The van der Waals surface area contributed by atoms with E-state index >= 15 is 0 Å². The van der Waals surface area contributed by atoms with Gasteiger partial charge in [-0.1, -0.05) is 23.4 Å². The maximum Gasteiger partial charge on any atom is 0.243 e. The van der Waals surface area contributed by atoms with Crippen LogP contribution in [-0.4, -0.2) is 92.8 Å². The van der Waals surface area contributed by atoms with Gasteiger partial charge in [0.15, 0.2) is 0 Å². The average molecular weight is 617 g/mol. The topological polar surface area (TPSA) is 165 Å². The van der Waals surface area contributed by atoms with Crippen LogP contribution in [0.5, 0.6) is 5.75 Å². The number of aryl methyl sites for hydroxylation is 1. The monoisotopic (exact) mass is 616 g/mol. The fourth-order valence-corrected chi connectivity index (χ4v) is 6.96. The average Bonchev–Trinajstić information content (AvgIpc) is 3.74. The van der Waals surface area contributed by atoms with Gasteiger partial charge in [0.2, 0.25) is 23.6 Å². The SMILES string of the molecule is COc1ccc(C[C@@H]2C[C@@H](C(=O)NCc3ccc4c(c3)nnn4C)N(C(=O)[C@H](N)CCC(=O)N3C4CCC3C(=O)NC4)C2)cc1. The number of nitrogens with two attached hydrogens (primary N) is 1. The van der Waals surface area contributed by atoms with Crippen LogP contribution in [0.15, 0.2) is 42.5 Å². The predicted molar refractivity (Wildman–Crippen MR) is 165 cm³/mol. The van der Waals surface area contributed by atoms with E-state index in [1.165, 1.54) is 0 Å². The second kappa shape index (κ2) is 12.8. The van der Waals surface area contributed by atoms with Gasteiger partial charge in [-0.15, -0.1) is 5.10 Å². The van der Waals surface area contributed by atoms with Crippen molar-refractivity contribution in [2.24, 2.45) is 18.7 Å². The highest BCUT2D eigenvalue weighted by atomic mass is 16.5. The number of methoxy groups -OCH3 is 1. The lowest BCUT2D eigenvalue weighted by atomic mass is 9.96. The van der Waals surface area contributed by atoms with Crippen molar-refractivity contribution >= 4 is 34.7 Å². The van der Waals surface area contributed by atoms with Crippen LogP contribution in [-0.2, 0) is 39.2 Å². The first-order valence-electron chi connectivity index (χ1n) is 15.6. The maximum atomic E-state index is 13.7. The van der Waals surface area contributed by atoms with E-state index in [1.807, 2.05) is 49.5 Å². The first-order chi connectivity index (χ1) is 21.7. The van der Waals surface area contributed by atoms with E-state index in [0.717, 1.165) is 34.3 Å². The number of nitrogens with one attached hydrogen (secondary N) is 2. The first kappa shape index (κ1) is 30.5. The lowest BCUT2D eigenvalue weighted by Gasteiger charge is -2.34. The fraction of sp³-hybridized carbons (Fsp3) is 0.500. The molecule has 3 fully saturated rings. The number of benzene rings is 2. The molecule has 1 aromatic heterocycles. The third kappa shape index (κ3) is 6.35. The third-order valence-corrected chi connectivity index (χ3v) is 9.39. The Balaban J connectivity index is 1.12. The van der Waals surface area contributed by atoms with E-state index in [9.17, 15) is 19.2 Å². The zero-order valence-corrected chi connectivity index (χ0v) is 25.6. The molecule has 0 saturated carbocycles. The Morgan fingerprint density at radius 2 is 1.91 bits per heavy atom. The van der Waals surface area contributed by atoms with Gasteiger partial charge < -0.3 is 30.9 Å². The summed E-state index contributed by atoms with van der Waals surface area (Å²) in [6, 6.07) is 11.4. The normalized spacial score (nSPS) is 23.2. The fourth-order valence-electron chi connectivity index (χ4n) is 6.96.